The first-order chi connectivity index (χ1) is 26.8. The van der Waals surface area contributed by atoms with Crippen LogP contribution in [0.15, 0.2) is 194 Å². The molecule has 250 valence electrons. The van der Waals surface area contributed by atoms with Crippen molar-refractivity contribution in [3.05, 3.63) is 194 Å². The summed E-state index contributed by atoms with van der Waals surface area (Å²) < 4.78 is 4.81. The molecule has 0 N–H and O–H groups in total. The maximum Gasteiger partial charge on any atom is 0.0547 e. The second kappa shape index (κ2) is 11.2. The van der Waals surface area contributed by atoms with E-state index in [0.717, 1.165) is 5.69 Å². The summed E-state index contributed by atoms with van der Waals surface area (Å²) in [5.74, 6) is 0. The highest BCUT2D eigenvalue weighted by atomic mass is 15.0. The molecule has 0 atom stereocenters. The first-order valence-corrected chi connectivity index (χ1v) is 18.7. The molecule has 9 aromatic carbocycles. The first kappa shape index (κ1) is 29.4. The van der Waals surface area contributed by atoms with Crippen LogP contribution >= 0.6 is 0 Å². The molecule has 2 heterocycles. The minimum atomic E-state index is 1.16. The molecule has 0 unspecified atom stereocenters. The average molecular weight is 685 g/mol. The Balaban J connectivity index is 0.976. The van der Waals surface area contributed by atoms with E-state index in [1.165, 1.54) is 105 Å². The van der Waals surface area contributed by atoms with Crippen molar-refractivity contribution in [2.24, 2.45) is 0 Å². The molecule has 0 saturated carbocycles. The SMILES string of the molecule is c1ccc(-n2c3ccccc3c3ccc(-c4ccc5c(c4)c4ccccc4n5-c4ccc(-c5cc6c7c(cccc7c5)-c5ccccc5-6)cc4)cc32)cc1. The van der Waals surface area contributed by atoms with Gasteiger partial charge < -0.3 is 9.13 Å². The molecule has 0 amide bonds. The highest BCUT2D eigenvalue weighted by Gasteiger charge is 2.22. The topological polar surface area (TPSA) is 9.86 Å². The maximum absolute atomic E-state index is 2.41. The zero-order valence-electron chi connectivity index (χ0n) is 29.4. The Morgan fingerprint density at radius 2 is 0.815 bits per heavy atom. The van der Waals surface area contributed by atoms with Crippen molar-refractivity contribution in [3.63, 3.8) is 0 Å². The summed E-state index contributed by atoms with van der Waals surface area (Å²) in [4.78, 5) is 0. The van der Waals surface area contributed by atoms with Crippen molar-refractivity contribution in [2.45, 2.75) is 0 Å². The van der Waals surface area contributed by atoms with Crippen LogP contribution in [0.5, 0.6) is 0 Å². The number of hydrogen-bond acceptors (Lipinski definition) is 0. The number of hydrogen-bond donors (Lipinski definition) is 0. The minimum absolute atomic E-state index is 1.16. The molecule has 0 fully saturated rings. The second-order valence-corrected chi connectivity index (χ2v) is 14.5. The van der Waals surface area contributed by atoms with Crippen molar-refractivity contribution in [1.29, 1.82) is 0 Å². The van der Waals surface area contributed by atoms with E-state index in [2.05, 4.69) is 203 Å². The van der Waals surface area contributed by atoms with Crippen molar-refractivity contribution < 1.29 is 0 Å². The Morgan fingerprint density at radius 3 is 1.61 bits per heavy atom. The Morgan fingerprint density at radius 1 is 0.259 bits per heavy atom. The molecule has 2 nitrogen and oxygen atoms in total. The summed E-state index contributed by atoms with van der Waals surface area (Å²) in [6, 6.07) is 71.4. The standard InChI is InChI=1S/C52H32N2/c1-2-12-38(13-3-1)54-48-19-8-6-16-42(48)44-27-23-35(32-51(44)54)34-24-28-50-46(30-34)43-17-7-9-20-49(43)53(50)39-25-21-33(22-26-39)37-29-36-11-10-18-45-40-14-4-5-15-41(40)47(31-37)52(36)45/h1-32H. The quantitative estimate of drug-likeness (QED) is 0.175. The van der Waals surface area contributed by atoms with E-state index in [4.69, 9.17) is 0 Å². The number of rotatable bonds is 4. The Hall–Kier alpha value is -7.16. The first-order valence-electron chi connectivity index (χ1n) is 18.7. The highest BCUT2D eigenvalue weighted by molar-refractivity contribution is 6.17. The predicted octanol–water partition coefficient (Wildman–Crippen LogP) is 14.0. The van der Waals surface area contributed by atoms with Crippen LogP contribution in [-0.2, 0) is 0 Å². The van der Waals surface area contributed by atoms with E-state index in [1.807, 2.05) is 0 Å². The highest BCUT2D eigenvalue weighted by Crippen LogP contribution is 2.48. The lowest BCUT2D eigenvalue weighted by Crippen LogP contribution is -1.94. The molecule has 1 aliphatic rings. The predicted molar refractivity (Wildman–Crippen MR) is 228 cm³/mol. The van der Waals surface area contributed by atoms with Gasteiger partial charge in [-0.05, 0) is 122 Å². The summed E-state index contributed by atoms with van der Waals surface area (Å²) >= 11 is 0. The Kier molecular flexibility index (Phi) is 6.09. The van der Waals surface area contributed by atoms with Gasteiger partial charge in [0.2, 0.25) is 0 Å². The lowest BCUT2D eigenvalue weighted by molar-refractivity contribution is 1.18. The Bertz CT molecular complexity index is 3310. The third-order valence-corrected chi connectivity index (χ3v) is 11.6. The van der Waals surface area contributed by atoms with Crippen LogP contribution in [0.4, 0.5) is 0 Å². The number of fused-ring (bicyclic) bond motifs is 9. The zero-order chi connectivity index (χ0) is 35.3. The van der Waals surface area contributed by atoms with E-state index < -0.39 is 0 Å². The molecule has 2 aromatic heterocycles. The van der Waals surface area contributed by atoms with Crippen molar-refractivity contribution in [3.8, 4) is 55.9 Å². The minimum Gasteiger partial charge on any atom is -0.309 e. The molecule has 11 aromatic rings. The Labute approximate surface area is 312 Å². The summed E-state index contributed by atoms with van der Waals surface area (Å²) in [6.07, 6.45) is 0. The van der Waals surface area contributed by atoms with Gasteiger partial charge in [0, 0.05) is 32.9 Å². The van der Waals surface area contributed by atoms with E-state index in [1.54, 1.807) is 0 Å². The fourth-order valence-corrected chi connectivity index (χ4v) is 9.22. The average Bonchev–Trinajstić information content (AvgIpc) is 3.87. The van der Waals surface area contributed by atoms with Gasteiger partial charge in [-0.2, -0.15) is 0 Å². The monoisotopic (exact) mass is 684 g/mol. The summed E-state index contributed by atoms with van der Waals surface area (Å²) in [5, 5.41) is 7.70. The van der Waals surface area contributed by atoms with Crippen LogP contribution in [0.1, 0.15) is 0 Å². The van der Waals surface area contributed by atoms with Gasteiger partial charge in [0.25, 0.3) is 0 Å². The molecule has 12 rings (SSSR count). The largest absolute Gasteiger partial charge is 0.309 e. The second-order valence-electron chi connectivity index (χ2n) is 14.5. The van der Waals surface area contributed by atoms with Crippen LogP contribution < -0.4 is 0 Å². The molecule has 0 spiro atoms. The number of aromatic nitrogens is 2. The van der Waals surface area contributed by atoms with Gasteiger partial charge >= 0.3 is 0 Å². The maximum atomic E-state index is 2.41. The van der Waals surface area contributed by atoms with Crippen molar-refractivity contribution >= 4 is 54.4 Å². The van der Waals surface area contributed by atoms with E-state index in [9.17, 15) is 0 Å². The molecular formula is C52H32N2. The van der Waals surface area contributed by atoms with Gasteiger partial charge in [0.15, 0.2) is 0 Å². The molecular weight excluding hydrogens is 653 g/mol. The normalized spacial score (nSPS) is 12.1. The van der Waals surface area contributed by atoms with Gasteiger partial charge in [-0.15, -0.1) is 0 Å². The van der Waals surface area contributed by atoms with Crippen LogP contribution in [0.2, 0.25) is 0 Å². The lowest BCUT2D eigenvalue weighted by atomic mass is 9.96. The smallest absolute Gasteiger partial charge is 0.0547 e. The van der Waals surface area contributed by atoms with Gasteiger partial charge in [-0.3, -0.25) is 0 Å². The van der Waals surface area contributed by atoms with Gasteiger partial charge in [0.05, 0.1) is 22.1 Å². The molecule has 0 bridgehead atoms. The molecule has 2 heteroatoms. The van der Waals surface area contributed by atoms with Crippen molar-refractivity contribution in [2.75, 3.05) is 0 Å². The van der Waals surface area contributed by atoms with E-state index in [-0.39, 0.29) is 0 Å². The fourth-order valence-electron chi connectivity index (χ4n) is 9.22. The summed E-state index contributed by atoms with van der Waals surface area (Å²) in [7, 11) is 0. The molecule has 0 radical (unpaired) electrons. The molecule has 0 aliphatic heterocycles. The number of benzene rings is 9. The third kappa shape index (κ3) is 4.17. The van der Waals surface area contributed by atoms with Crippen LogP contribution in [0.3, 0.4) is 0 Å². The van der Waals surface area contributed by atoms with E-state index >= 15 is 0 Å². The lowest BCUT2D eigenvalue weighted by Gasteiger charge is -2.11. The molecule has 1 aliphatic carbocycles. The van der Waals surface area contributed by atoms with Gasteiger partial charge in [0.1, 0.15) is 0 Å². The zero-order valence-corrected chi connectivity index (χ0v) is 29.4. The van der Waals surface area contributed by atoms with Crippen LogP contribution in [-0.4, -0.2) is 9.13 Å². The van der Waals surface area contributed by atoms with Crippen LogP contribution in [0.25, 0.3) is 110 Å². The van der Waals surface area contributed by atoms with E-state index in [0.29, 0.717) is 0 Å². The molecule has 0 saturated heterocycles. The number of para-hydroxylation sites is 3. The van der Waals surface area contributed by atoms with Gasteiger partial charge in [-0.25, -0.2) is 0 Å². The number of nitrogens with zero attached hydrogens (tertiary/aromatic N) is 2. The van der Waals surface area contributed by atoms with Gasteiger partial charge in [-0.1, -0.05) is 127 Å². The summed E-state index contributed by atoms with van der Waals surface area (Å²) in [5.41, 5.74) is 17.4. The van der Waals surface area contributed by atoms with Crippen molar-refractivity contribution in [1.82, 2.24) is 9.13 Å². The summed E-state index contributed by atoms with van der Waals surface area (Å²) in [6.45, 7) is 0. The van der Waals surface area contributed by atoms with Crippen LogP contribution in [0, 0.1) is 0 Å². The molecule has 54 heavy (non-hydrogen) atoms. The fraction of sp³-hybridized carbons (Fsp3) is 0. The third-order valence-electron chi connectivity index (χ3n) is 11.6.